The van der Waals surface area contributed by atoms with Crippen LogP contribution in [0.2, 0.25) is 0 Å². The molecule has 0 aliphatic carbocycles. The highest BCUT2D eigenvalue weighted by Crippen LogP contribution is 2.58. The number of hydrogen-bond donors (Lipinski definition) is 0. The molecule has 4 aliphatic rings. The molecule has 4 heterocycles. The van der Waals surface area contributed by atoms with Crippen molar-refractivity contribution in [3.8, 4) is 0 Å². The minimum Gasteiger partial charge on any atom is -0.307 e. The largest absolute Gasteiger partial charge is 0.307 e. The van der Waals surface area contributed by atoms with Gasteiger partial charge in [0.25, 0.3) is 0 Å². The summed E-state index contributed by atoms with van der Waals surface area (Å²) in [4.78, 5) is 15.5. The fourth-order valence-electron chi connectivity index (χ4n) is 7.70. The molecule has 0 N–H and O–H groups in total. The highest BCUT2D eigenvalue weighted by Gasteiger charge is 2.43. The molecule has 0 unspecified atom stereocenters. The van der Waals surface area contributed by atoms with Gasteiger partial charge in [-0.05, 0) is 72.2 Å². The molecule has 0 radical (unpaired) electrons. The van der Waals surface area contributed by atoms with Gasteiger partial charge in [-0.2, -0.15) is 0 Å². The van der Waals surface area contributed by atoms with Crippen molar-refractivity contribution in [3.63, 3.8) is 0 Å². The maximum absolute atomic E-state index is 2.54. The molecule has 0 saturated carbocycles. The van der Waals surface area contributed by atoms with Crippen LogP contribution in [-0.2, 0) is 0 Å². The number of para-hydroxylation sites is 4. The SMILES string of the molecule is c1ccc2c(c1)Sc1c(N3c4ccccc4Sc4ccccc43)cc(N3c4ccccc4Sc4ccccc43)c3c1B2c1ccccc1S3. The average Bonchev–Trinajstić information content (AvgIpc) is 3.16. The summed E-state index contributed by atoms with van der Waals surface area (Å²) in [5.41, 5.74) is 11.6. The highest BCUT2D eigenvalue weighted by molar-refractivity contribution is 8.01. The predicted octanol–water partition coefficient (Wildman–Crippen LogP) is 11.0. The van der Waals surface area contributed by atoms with Crippen molar-refractivity contribution >= 4 is 104 Å². The minimum absolute atomic E-state index is 0.132. The fourth-order valence-corrected chi connectivity index (χ4v) is 12.4. The first-order valence-electron chi connectivity index (χ1n) is 16.4. The standard InChI is InChI=1S/C42H25BN2S4/c1-7-19-34-26(13-1)43-27-14-2-8-20-35(27)49-42-33(45-30-17-5-11-23-38(30)47-39-24-12-6-18-31(39)45)25-32(41(48-34)40(42)43)44-28-15-3-9-21-36(28)46-37-22-10-4-16-29(37)44/h1-25H. The number of anilines is 6. The summed E-state index contributed by atoms with van der Waals surface area (Å²) < 4.78 is 0. The summed E-state index contributed by atoms with van der Waals surface area (Å²) in [6.45, 7) is 0.132. The monoisotopic (exact) mass is 696 g/mol. The third-order valence-electron chi connectivity index (χ3n) is 9.75. The number of hydrogen-bond acceptors (Lipinski definition) is 6. The maximum atomic E-state index is 2.54. The number of nitrogens with zero attached hydrogens (tertiary/aromatic N) is 2. The molecular weight excluding hydrogens is 672 g/mol. The van der Waals surface area contributed by atoms with Crippen LogP contribution < -0.4 is 26.2 Å². The van der Waals surface area contributed by atoms with Crippen LogP contribution in [0.25, 0.3) is 0 Å². The molecule has 230 valence electrons. The van der Waals surface area contributed by atoms with Crippen molar-refractivity contribution in [1.82, 2.24) is 0 Å². The van der Waals surface area contributed by atoms with E-state index in [0.717, 1.165) is 0 Å². The lowest BCUT2D eigenvalue weighted by Gasteiger charge is -2.42. The van der Waals surface area contributed by atoms with Crippen LogP contribution in [0.5, 0.6) is 0 Å². The summed E-state index contributed by atoms with van der Waals surface area (Å²) in [6, 6.07) is 56.2. The zero-order valence-corrected chi connectivity index (χ0v) is 29.3. The molecule has 0 aromatic heterocycles. The van der Waals surface area contributed by atoms with Crippen molar-refractivity contribution in [2.45, 2.75) is 39.2 Å². The van der Waals surface area contributed by atoms with Crippen LogP contribution in [0.3, 0.4) is 0 Å². The quantitative estimate of drug-likeness (QED) is 0.165. The van der Waals surface area contributed by atoms with E-state index in [1.54, 1.807) is 0 Å². The molecule has 0 spiro atoms. The molecule has 0 bridgehead atoms. The zero-order valence-electron chi connectivity index (χ0n) is 26.0. The van der Waals surface area contributed by atoms with Crippen LogP contribution >= 0.6 is 47.0 Å². The minimum atomic E-state index is 0.132. The highest BCUT2D eigenvalue weighted by atomic mass is 32.2. The molecule has 7 aromatic carbocycles. The van der Waals surface area contributed by atoms with E-state index in [1.165, 1.54) is 89.7 Å². The average molecular weight is 697 g/mol. The lowest BCUT2D eigenvalue weighted by Crippen LogP contribution is -2.58. The third-order valence-corrected chi connectivity index (χ3v) is 14.5. The molecule has 49 heavy (non-hydrogen) atoms. The normalized spacial score (nSPS) is 14.5. The van der Waals surface area contributed by atoms with E-state index in [1.807, 2.05) is 47.0 Å². The molecule has 7 heteroatoms. The Balaban J connectivity index is 1.28. The van der Waals surface area contributed by atoms with Crippen LogP contribution in [0.1, 0.15) is 0 Å². The van der Waals surface area contributed by atoms with E-state index >= 15 is 0 Å². The predicted molar refractivity (Wildman–Crippen MR) is 210 cm³/mol. The number of benzene rings is 7. The Kier molecular flexibility index (Phi) is 6.42. The van der Waals surface area contributed by atoms with Gasteiger partial charge in [0, 0.05) is 39.2 Å². The van der Waals surface area contributed by atoms with Gasteiger partial charge in [-0.15, -0.1) is 0 Å². The lowest BCUT2D eigenvalue weighted by atomic mass is 9.36. The second-order valence-corrected chi connectivity index (χ2v) is 16.7. The van der Waals surface area contributed by atoms with Crippen LogP contribution in [0.4, 0.5) is 34.1 Å². The van der Waals surface area contributed by atoms with Gasteiger partial charge in [0.05, 0.1) is 34.1 Å². The van der Waals surface area contributed by atoms with Gasteiger partial charge in [0.15, 0.2) is 0 Å². The summed E-state index contributed by atoms with van der Waals surface area (Å²) in [6.07, 6.45) is 0. The van der Waals surface area contributed by atoms with Crippen molar-refractivity contribution in [3.05, 3.63) is 152 Å². The fraction of sp³-hybridized carbons (Fsp3) is 0. The molecule has 0 fully saturated rings. The van der Waals surface area contributed by atoms with Gasteiger partial charge in [-0.25, -0.2) is 0 Å². The Morgan fingerprint density at radius 2 is 0.653 bits per heavy atom. The van der Waals surface area contributed by atoms with Crippen molar-refractivity contribution in [1.29, 1.82) is 0 Å². The Labute approximate surface area is 303 Å². The van der Waals surface area contributed by atoms with Gasteiger partial charge in [0.2, 0.25) is 6.71 Å². The molecule has 0 saturated heterocycles. The second-order valence-electron chi connectivity index (χ2n) is 12.4. The maximum Gasteiger partial charge on any atom is 0.247 e. The smallest absolute Gasteiger partial charge is 0.247 e. The Hall–Kier alpha value is -4.40. The van der Waals surface area contributed by atoms with Crippen LogP contribution in [0, 0.1) is 0 Å². The second kappa shape index (κ2) is 11.1. The molecule has 11 rings (SSSR count). The molecule has 2 nitrogen and oxygen atoms in total. The first-order chi connectivity index (χ1) is 24.3. The summed E-state index contributed by atoms with van der Waals surface area (Å²) >= 11 is 7.60. The topological polar surface area (TPSA) is 6.48 Å². The molecule has 0 atom stereocenters. The van der Waals surface area contributed by atoms with Gasteiger partial charge in [-0.3, -0.25) is 0 Å². The number of rotatable bonds is 2. The summed E-state index contributed by atoms with van der Waals surface area (Å²) in [5.74, 6) is 0. The Morgan fingerprint density at radius 1 is 0.327 bits per heavy atom. The zero-order chi connectivity index (χ0) is 32.1. The van der Waals surface area contributed by atoms with Gasteiger partial charge >= 0.3 is 0 Å². The van der Waals surface area contributed by atoms with Gasteiger partial charge in [0.1, 0.15) is 0 Å². The van der Waals surface area contributed by atoms with E-state index in [4.69, 9.17) is 0 Å². The van der Waals surface area contributed by atoms with Crippen molar-refractivity contribution in [2.75, 3.05) is 9.80 Å². The van der Waals surface area contributed by atoms with E-state index in [2.05, 4.69) is 161 Å². The van der Waals surface area contributed by atoms with Crippen molar-refractivity contribution in [2.24, 2.45) is 0 Å². The van der Waals surface area contributed by atoms with Crippen LogP contribution in [0.15, 0.2) is 191 Å². The molecular formula is C42H25BN2S4. The summed E-state index contributed by atoms with van der Waals surface area (Å²) in [5, 5.41) is 0. The Bertz CT molecular complexity index is 2260. The van der Waals surface area contributed by atoms with E-state index in [-0.39, 0.29) is 6.71 Å². The third kappa shape index (κ3) is 4.23. The van der Waals surface area contributed by atoms with Gasteiger partial charge < -0.3 is 9.80 Å². The molecule has 7 aromatic rings. The molecule has 0 amide bonds. The molecule has 4 aliphatic heterocycles. The Morgan fingerprint density at radius 3 is 1.04 bits per heavy atom. The number of fused-ring (bicyclic) bond motifs is 8. The lowest BCUT2D eigenvalue weighted by molar-refractivity contribution is 1.11. The van der Waals surface area contributed by atoms with E-state index in [0.29, 0.717) is 0 Å². The summed E-state index contributed by atoms with van der Waals surface area (Å²) in [7, 11) is 0. The van der Waals surface area contributed by atoms with E-state index in [9.17, 15) is 0 Å². The first kappa shape index (κ1) is 28.4. The first-order valence-corrected chi connectivity index (χ1v) is 19.6. The van der Waals surface area contributed by atoms with Crippen LogP contribution in [-0.4, -0.2) is 6.71 Å². The van der Waals surface area contributed by atoms with Crippen molar-refractivity contribution < 1.29 is 0 Å². The van der Waals surface area contributed by atoms with E-state index < -0.39 is 0 Å². The van der Waals surface area contributed by atoms with Gasteiger partial charge in [-0.1, -0.05) is 143 Å².